The second-order valence-corrected chi connectivity index (χ2v) is 5.74. The molecule has 0 unspecified atom stereocenters. The van der Waals surface area contributed by atoms with Crippen LogP contribution in [0, 0.1) is 11.6 Å². The first-order chi connectivity index (χ1) is 12.1. The number of morpholine rings is 1. The quantitative estimate of drug-likeness (QED) is 0.924. The van der Waals surface area contributed by atoms with Gasteiger partial charge in [-0.05, 0) is 36.8 Å². The zero-order chi connectivity index (χ0) is 17.8. The fourth-order valence-electron chi connectivity index (χ4n) is 2.79. The van der Waals surface area contributed by atoms with Crippen molar-refractivity contribution in [3.63, 3.8) is 0 Å². The van der Waals surface area contributed by atoms with E-state index in [0.717, 1.165) is 17.8 Å². The molecule has 0 bridgehead atoms. The maximum absolute atomic E-state index is 13.5. The van der Waals surface area contributed by atoms with Gasteiger partial charge in [0.05, 0.1) is 6.61 Å². The van der Waals surface area contributed by atoms with E-state index in [0.29, 0.717) is 37.5 Å². The lowest BCUT2D eigenvalue weighted by Crippen LogP contribution is -2.38. The number of pyridine rings is 1. The fraction of sp³-hybridized carbons (Fsp3) is 0.333. The van der Waals surface area contributed by atoms with Gasteiger partial charge < -0.3 is 15.0 Å². The molecule has 0 aliphatic carbocycles. The maximum Gasteiger partial charge on any atom is 0.269 e. The second kappa shape index (κ2) is 7.57. The van der Waals surface area contributed by atoms with Crippen molar-refractivity contribution in [2.24, 2.45) is 0 Å². The van der Waals surface area contributed by atoms with Crippen LogP contribution in [0.1, 0.15) is 29.1 Å². The van der Waals surface area contributed by atoms with Crippen LogP contribution in [0.3, 0.4) is 0 Å². The van der Waals surface area contributed by atoms with Gasteiger partial charge in [0.25, 0.3) is 5.91 Å². The summed E-state index contributed by atoms with van der Waals surface area (Å²) in [4.78, 5) is 18.1. The third-order valence-corrected chi connectivity index (χ3v) is 4.06. The van der Waals surface area contributed by atoms with Gasteiger partial charge in [-0.3, -0.25) is 9.78 Å². The van der Waals surface area contributed by atoms with Crippen molar-refractivity contribution in [2.75, 3.05) is 31.1 Å². The molecule has 1 fully saturated rings. The molecule has 0 spiro atoms. The summed E-state index contributed by atoms with van der Waals surface area (Å²) < 4.78 is 32.3. The smallest absolute Gasteiger partial charge is 0.269 e. The van der Waals surface area contributed by atoms with Gasteiger partial charge in [-0.15, -0.1) is 0 Å². The number of anilines is 1. The highest BCUT2D eigenvalue weighted by molar-refractivity contribution is 5.93. The molecule has 132 valence electrons. The van der Waals surface area contributed by atoms with Crippen molar-refractivity contribution in [1.82, 2.24) is 10.3 Å². The minimum Gasteiger partial charge on any atom is -0.370 e. The van der Waals surface area contributed by atoms with Crippen LogP contribution in [-0.4, -0.2) is 37.1 Å². The fourth-order valence-corrected chi connectivity index (χ4v) is 2.79. The number of hydrogen-bond acceptors (Lipinski definition) is 4. The van der Waals surface area contributed by atoms with Gasteiger partial charge in [0.1, 0.15) is 11.8 Å². The van der Waals surface area contributed by atoms with Crippen LogP contribution < -0.4 is 10.2 Å². The molecule has 0 saturated carbocycles. The predicted octanol–water partition coefficient (Wildman–Crippen LogP) is 2.69. The average molecular weight is 347 g/mol. The van der Waals surface area contributed by atoms with E-state index in [2.05, 4.69) is 10.3 Å². The van der Waals surface area contributed by atoms with E-state index < -0.39 is 11.6 Å². The Morgan fingerprint density at radius 1 is 1.32 bits per heavy atom. The van der Waals surface area contributed by atoms with Crippen molar-refractivity contribution >= 4 is 11.6 Å². The molecule has 5 nitrogen and oxygen atoms in total. The van der Waals surface area contributed by atoms with Gasteiger partial charge >= 0.3 is 0 Å². The van der Waals surface area contributed by atoms with Crippen LogP contribution in [-0.2, 0) is 4.74 Å². The molecule has 3 rings (SSSR count). The Morgan fingerprint density at radius 2 is 2.16 bits per heavy atom. The molecule has 2 aromatic rings. The first-order valence-electron chi connectivity index (χ1n) is 8.14. The predicted molar refractivity (Wildman–Crippen MR) is 89.5 cm³/mol. The van der Waals surface area contributed by atoms with Gasteiger partial charge in [0.2, 0.25) is 0 Å². The van der Waals surface area contributed by atoms with E-state index >= 15 is 0 Å². The molecule has 1 aromatic carbocycles. The van der Waals surface area contributed by atoms with E-state index in [-0.39, 0.29) is 12.0 Å². The van der Waals surface area contributed by atoms with E-state index in [1.165, 1.54) is 6.07 Å². The normalized spacial score (nSPS) is 17.4. The summed E-state index contributed by atoms with van der Waals surface area (Å²) >= 11 is 0. The Kier molecular flexibility index (Phi) is 5.23. The van der Waals surface area contributed by atoms with Gasteiger partial charge in [-0.25, -0.2) is 8.78 Å². The maximum atomic E-state index is 13.5. The molecule has 7 heteroatoms. The van der Waals surface area contributed by atoms with Crippen molar-refractivity contribution in [1.29, 1.82) is 0 Å². The first-order valence-corrected chi connectivity index (χ1v) is 8.14. The highest BCUT2D eigenvalue weighted by Crippen LogP contribution is 2.27. The molecule has 1 saturated heterocycles. The summed E-state index contributed by atoms with van der Waals surface area (Å²) in [5.41, 5.74) is 1.77. The number of carbonyl (C=O) groups excluding carboxylic acids is 1. The molecule has 1 aliphatic rings. The molecule has 1 atom stereocenters. The van der Waals surface area contributed by atoms with E-state index in [1.807, 2.05) is 17.9 Å². The van der Waals surface area contributed by atoms with Crippen LogP contribution in [0.15, 0.2) is 36.5 Å². The Labute approximate surface area is 144 Å². The number of rotatable bonds is 4. The highest BCUT2D eigenvalue weighted by Gasteiger charge is 2.24. The summed E-state index contributed by atoms with van der Waals surface area (Å²) in [7, 11) is 0. The van der Waals surface area contributed by atoms with Crippen molar-refractivity contribution in [2.45, 2.75) is 13.0 Å². The minimum absolute atomic E-state index is 0.227. The van der Waals surface area contributed by atoms with Crippen LogP contribution >= 0.6 is 0 Å². The minimum atomic E-state index is -0.888. The summed E-state index contributed by atoms with van der Waals surface area (Å²) in [5.74, 6) is -1.99. The highest BCUT2D eigenvalue weighted by atomic mass is 19.2. The summed E-state index contributed by atoms with van der Waals surface area (Å²) in [6, 6.07) is 7.33. The summed E-state index contributed by atoms with van der Waals surface area (Å²) in [5, 5.41) is 2.72. The number of carbonyl (C=O) groups is 1. The van der Waals surface area contributed by atoms with Gasteiger partial charge in [-0.2, -0.15) is 0 Å². The van der Waals surface area contributed by atoms with Crippen LogP contribution in [0.5, 0.6) is 0 Å². The Hall–Kier alpha value is -2.54. The number of nitrogens with zero attached hydrogens (tertiary/aromatic N) is 2. The van der Waals surface area contributed by atoms with Crippen molar-refractivity contribution < 1.29 is 18.3 Å². The SMILES string of the molecule is CCNC(=O)c1cc(N2CCO[C@@H](c3ccc(F)c(F)c3)C2)ccn1. The second-order valence-electron chi connectivity index (χ2n) is 5.74. The number of ether oxygens (including phenoxy) is 1. The third-order valence-electron chi connectivity index (χ3n) is 4.06. The number of amides is 1. The average Bonchev–Trinajstić information content (AvgIpc) is 2.64. The number of nitrogens with one attached hydrogen (secondary N) is 1. The standard InChI is InChI=1S/C18H19F2N3O2/c1-2-21-18(24)16-10-13(5-6-22-16)23-7-8-25-17(11-23)12-3-4-14(19)15(20)9-12/h3-6,9-10,17H,2,7-8,11H2,1H3,(H,21,24)/t17-/m1/s1. The first kappa shape index (κ1) is 17.3. The van der Waals surface area contributed by atoms with E-state index in [4.69, 9.17) is 4.74 Å². The van der Waals surface area contributed by atoms with E-state index in [1.54, 1.807) is 12.3 Å². The topological polar surface area (TPSA) is 54.5 Å². The lowest BCUT2D eigenvalue weighted by molar-refractivity contribution is 0.0395. The molecule has 1 amide bonds. The summed E-state index contributed by atoms with van der Waals surface area (Å²) in [6.45, 7) is 3.93. The van der Waals surface area contributed by atoms with Crippen LogP contribution in [0.4, 0.5) is 14.5 Å². The van der Waals surface area contributed by atoms with Crippen molar-refractivity contribution in [3.8, 4) is 0 Å². The van der Waals surface area contributed by atoms with E-state index in [9.17, 15) is 13.6 Å². The molecule has 2 heterocycles. The lowest BCUT2D eigenvalue weighted by atomic mass is 10.1. The van der Waals surface area contributed by atoms with Crippen LogP contribution in [0.25, 0.3) is 0 Å². The third kappa shape index (κ3) is 3.93. The molecular formula is C18H19F2N3O2. The van der Waals surface area contributed by atoms with Gasteiger partial charge in [0.15, 0.2) is 11.6 Å². The Balaban J connectivity index is 1.78. The van der Waals surface area contributed by atoms with Crippen molar-refractivity contribution in [3.05, 3.63) is 59.4 Å². The molecule has 25 heavy (non-hydrogen) atoms. The molecule has 1 aromatic heterocycles. The number of halogens is 2. The Bertz CT molecular complexity index is 770. The monoisotopic (exact) mass is 347 g/mol. The molecule has 1 aliphatic heterocycles. The summed E-state index contributed by atoms with van der Waals surface area (Å²) in [6.07, 6.45) is 1.21. The van der Waals surface area contributed by atoms with Gasteiger partial charge in [-0.1, -0.05) is 6.07 Å². The van der Waals surface area contributed by atoms with Crippen LogP contribution in [0.2, 0.25) is 0 Å². The molecule has 0 radical (unpaired) electrons. The van der Waals surface area contributed by atoms with Gasteiger partial charge in [0, 0.05) is 31.5 Å². The number of hydrogen-bond donors (Lipinski definition) is 1. The number of aromatic nitrogens is 1. The largest absolute Gasteiger partial charge is 0.370 e. The lowest BCUT2D eigenvalue weighted by Gasteiger charge is -2.34. The zero-order valence-electron chi connectivity index (χ0n) is 13.8. The number of benzene rings is 1. The molecular weight excluding hydrogens is 328 g/mol. The molecule has 1 N–H and O–H groups in total. The zero-order valence-corrected chi connectivity index (χ0v) is 13.8. The Morgan fingerprint density at radius 3 is 2.92 bits per heavy atom.